The average Bonchev–Trinajstić information content (AvgIpc) is 2.93. The van der Waals surface area contributed by atoms with Gasteiger partial charge in [0.05, 0.1) is 5.69 Å². The van der Waals surface area contributed by atoms with Crippen LogP contribution in [0.5, 0.6) is 0 Å². The van der Waals surface area contributed by atoms with Crippen molar-refractivity contribution < 1.29 is 14.4 Å². The Morgan fingerprint density at radius 1 is 0.913 bits per heavy atom. The minimum Gasteiger partial charge on any atom is -0.311 e. The van der Waals surface area contributed by atoms with E-state index in [1.165, 1.54) is 4.90 Å². The molecule has 116 valence electrons. The maximum absolute atomic E-state index is 12.5. The van der Waals surface area contributed by atoms with Gasteiger partial charge in [-0.05, 0) is 36.4 Å². The minimum atomic E-state index is -0.199. The number of carbonyl (C=O) groups excluding carboxylic acids is 3. The Labute approximate surface area is 134 Å². The van der Waals surface area contributed by atoms with Crippen molar-refractivity contribution in [1.82, 2.24) is 0 Å². The zero-order valence-electron chi connectivity index (χ0n) is 12.7. The minimum absolute atomic E-state index is 0.151. The summed E-state index contributed by atoms with van der Waals surface area (Å²) in [5.41, 5.74) is 1.81. The molecule has 3 amide bonds. The molecule has 2 aromatic rings. The number of carbonyl (C=O) groups is 3. The Bertz CT molecular complexity index is 738. The summed E-state index contributed by atoms with van der Waals surface area (Å²) in [4.78, 5) is 38.7. The number of rotatable bonds is 3. The van der Waals surface area contributed by atoms with E-state index in [-0.39, 0.29) is 30.6 Å². The van der Waals surface area contributed by atoms with Crippen LogP contribution in [0.3, 0.4) is 0 Å². The molecule has 1 saturated heterocycles. The molecule has 1 fully saturated rings. The van der Waals surface area contributed by atoms with Crippen LogP contribution in [0.2, 0.25) is 0 Å². The predicted octanol–water partition coefficient (Wildman–Crippen LogP) is 2.62. The first-order valence-corrected chi connectivity index (χ1v) is 7.37. The fourth-order valence-electron chi connectivity index (χ4n) is 2.58. The van der Waals surface area contributed by atoms with Crippen molar-refractivity contribution in [3.8, 4) is 0 Å². The second kappa shape index (κ2) is 6.04. The normalized spacial score (nSPS) is 14.2. The number of nitrogens with zero attached hydrogens (tertiary/aromatic N) is 2. The maximum atomic E-state index is 12.5. The van der Waals surface area contributed by atoms with Crippen LogP contribution < -0.4 is 9.80 Å². The summed E-state index contributed by atoms with van der Waals surface area (Å²) < 4.78 is 0. The van der Waals surface area contributed by atoms with Crippen molar-refractivity contribution >= 4 is 29.1 Å². The van der Waals surface area contributed by atoms with Crippen molar-refractivity contribution in [3.05, 3.63) is 60.2 Å². The Morgan fingerprint density at radius 3 is 2.04 bits per heavy atom. The van der Waals surface area contributed by atoms with Gasteiger partial charge >= 0.3 is 0 Å². The van der Waals surface area contributed by atoms with Gasteiger partial charge in [-0.1, -0.05) is 18.2 Å². The smallest absolute Gasteiger partial charge is 0.258 e. The molecule has 2 aromatic carbocycles. The van der Waals surface area contributed by atoms with Gasteiger partial charge in [0.2, 0.25) is 11.8 Å². The molecule has 0 bridgehead atoms. The molecule has 5 nitrogen and oxygen atoms in total. The predicted molar refractivity (Wildman–Crippen MR) is 87.3 cm³/mol. The van der Waals surface area contributed by atoms with Gasteiger partial charge in [-0.3, -0.25) is 19.3 Å². The van der Waals surface area contributed by atoms with Crippen molar-refractivity contribution in [2.45, 2.75) is 12.8 Å². The van der Waals surface area contributed by atoms with Crippen LogP contribution in [-0.2, 0) is 9.59 Å². The summed E-state index contributed by atoms with van der Waals surface area (Å²) in [6, 6.07) is 15.9. The van der Waals surface area contributed by atoms with E-state index >= 15 is 0 Å². The zero-order valence-corrected chi connectivity index (χ0v) is 12.7. The molecule has 1 aliphatic heterocycles. The fraction of sp³-hybridized carbons (Fsp3) is 0.167. The molecular formula is C18H16N2O3. The molecule has 5 heteroatoms. The lowest BCUT2D eigenvalue weighted by Gasteiger charge is -2.18. The summed E-state index contributed by atoms with van der Waals surface area (Å²) in [5, 5.41) is 0. The summed E-state index contributed by atoms with van der Waals surface area (Å²) in [6.07, 6.45) is 0.493. The van der Waals surface area contributed by atoms with E-state index in [2.05, 4.69) is 0 Å². The zero-order chi connectivity index (χ0) is 16.4. The van der Waals surface area contributed by atoms with Crippen molar-refractivity contribution in [1.29, 1.82) is 0 Å². The summed E-state index contributed by atoms with van der Waals surface area (Å²) in [7, 11) is 1.71. The van der Waals surface area contributed by atoms with Gasteiger partial charge < -0.3 is 4.90 Å². The second-order valence-corrected chi connectivity index (χ2v) is 5.37. The number of hydrogen-bond acceptors (Lipinski definition) is 3. The first-order valence-electron chi connectivity index (χ1n) is 7.37. The van der Waals surface area contributed by atoms with Crippen molar-refractivity contribution in [2.24, 2.45) is 0 Å². The Morgan fingerprint density at radius 2 is 1.48 bits per heavy atom. The Hall–Kier alpha value is -2.95. The molecule has 0 spiro atoms. The van der Waals surface area contributed by atoms with Crippen LogP contribution >= 0.6 is 0 Å². The number of anilines is 2. The molecule has 1 heterocycles. The highest BCUT2D eigenvalue weighted by Crippen LogP contribution is 2.23. The lowest BCUT2D eigenvalue weighted by Crippen LogP contribution is -2.29. The maximum Gasteiger partial charge on any atom is 0.258 e. The highest BCUT2D eigenvalue weighted by molar-refractivity contribution is 6.20. The Kier molecular flexibility index (Phi) is 3.93. The van der Waals surface area contributed by atoms with Gasteiger partial charge in [-0.15, -0.1) is 0 Å². The third-order valence-corrected chi connectivity index (χ3v) is 3.87. The van der Waals surface area contributed by atoms with E-state index < -0.39 is 0 Å². The van der Waals surface area contributed by atoms with E-state index in [9.17, 15) is 14.4 Å². The van der Waals surface area contributed by atoms with Gasteiger partial charge in [0.15, 0.2) is 0 Å². The lowest BCUT2D eigenvalue weighted by molar-refractivity contribution is -0.121. The third kappa shape index (κ3) is 2.85. The first kappa shape index (κ1) is 15.0. The third-order valence-electron chi connectivity index (χ3n) is 3.87. The first-order chi connectivity index (χ1) is 11.1. The molecule has 0 aromatic heterocycles. The standard InChI is InChI=1S/C18H16N2O3/c1-19(14-5-3-2-4-6-14)18(23)13-7-9-15(10-8-13)20-16(21)11-12-17(20)22/h2-10H,11-12H2,1H3. The number of imide groups is 1. The van der Waals surface area contributed by atoms with Crippen LogP contribution in [0.25, 0.3) is 0 Å². The van der Waals surface area contributed by atoms with E-state index in [1.807, 2.05) is 30.3 Å². The summed E-state index contributed by atoms with van der Waals surface area (Å²) in [6.45, 7) is 0. The van der Waals surface area contributed by atoms with Gasteiger partial charge in [-0.2, -0.15) is 0 Å². The van der Waals surface area contributed by atoms with E-state index in [1.54, 1.807) is 36.2 Å². The fourth-order valence-corrected chi connectivity index (χ4v) is 2.58. The summed E-state index contributed by atoms with van der Waals surface area (Å²) >= 11 is 0. The molecule has 1 aliphatic rings. The van der Waals surface area contributed by atoms with E-state index in [4.69, 9.17) is 0 Å². The Balaban J connectivity index is 1.81. The van der Waals surface area contributed by atoms with Crippen molar-refractivity contribution in [3.63, 3.8) is 0 Å². The van der Waals surface area contributed by atoms with Crippen LogP contribution in [0, 0.1) is 0 Å². The largest absolute Gasteiger partial charge is 0.311 e. The van der Waals surface area contributed by atoms with Crippen LogP contribution in [0.4, 0.5) is 11.4 Å². The van der Waals surface area contributed by atoms with Gasteiger partial charge in [0, 0.05) is 31.1 Å². The number of benzene rings is 2. The molecule has 0 atom stereocenters. The average molecular weight is 308 g/mol. The van der Waals surface area contributed by atoms with E-state index in [0.29, 0.717) is 11.3 Å². The van der Waals surface area contributed by atoms with Crippen LogP contribution in [0.1, 0.15) is 23.2 Å². The topological polar surface area (TPSA) is 57.7 Å². The van der Waals surface area contributed by atoms with Crippen molar-refractivity contribution in [2.75, 3.05) is 16.8 Å². The lowest BCUT2D eigenvalue weighted by atomic mass is 10.1. The molecule has 0 radical (unpaired) electrons. The monoisotopic (exact) mass is 308 g/mol. The molecule has 0 aliphatic carbocycles. The van der Waals surface area contributed by atoms with Gasteiger partial charge in [-0.25, -0.2) is 0 Å². The van der Waals surface area contributed by atoms with Gasteiger partial charge in [0.1, 0.15) is 0 Å². The van der Waals surface area contributed by atoms with Crippen LogP contribution in [-0.4, -0.2) is 24.8 Å². The quantitative estimate of drug-likeness (QED) is 0.819. The molecule has 0 unspecified atom stereocenters. The van der Waals surface area contributed by atoms with Gasteiger partial charge in [0.25, 0.3) is 5.91 Å². The van der Waals surface area contributed by atoms with E-state index in [0.717, 1.165) is 5.69 Å². The number of amides is 3. The van der Waals surface area contributed by atoms with Crippen LogP contribution in [0.15, 0.2) is 54.6 Å². The SMILES string of the molecule is CN(C(=O)c1ccc(N2C(=O)CCC2=O)cc1)c1ccccc1. The second-order valence-electron chi connectivity index (χ2n) is 5.37. The highest BCUT2D eigenvalue weighted by Gasteiger charge is 2.30. The molecule has 0 N–H and O–H groups in total. The number of hydrogen-bond donors (Lipinski definition) is 0. The molecule has 23 heavy (non-hydrogen) atoms. The highest BCUT2D eigenvalue weighted by atomic mass is 16.2. The number of para-hydroxylation sites is 1. The molecule has 3 rings (SSSR count). The molecule has 0 saturated carbocycles. The summed E-state index contributed by atoms with van der Waals surface area (Å²) in [5.74, 6) is -0.548. The molecular weight excluding hydrogens is 292 g/mol.